The van der Waals surface area contributed by atoms with Gasteiger partial charge in [-0.05, 0) is 55.4 Å². The third-order valence-electron chi connectivity index (χ3n) is 4.85. The van der Waals surface area contributed by atoms with Gasteiger partial charge in [0.2, 0.25) is 0 Å². The lowest BCUT2D eigenvalue weighted by Gasteiger charge is -2.32. The summed E-state index contributed by atoms with van der Waals surface area (Å²) in [5, 5.41) is 3.20. The Morgan fingerprint density at radius 2 is 2.14 bits per heavy atom. The molecule has 1 atom stereocenters. The lowest BCUT2D eigenvalue weighted by molar-refractivity contribution is 0.0707. The number of fused-ring (bicyclic) bond motifs is 1. The zero-order chi connectivity index (χ0) is 14.9. The molecular weight excluding hydrogens is 292 g/mol. The van der Waals surface area contributed by atoms with Gasteiger partial charge in [0.25, 0.3) is 5.91 Å². The molecule has 114 valence electrons. The van der Waals surface area contributed by atoms with E-state index in [0.717, 1.165) is 37.9 Å². The molecule has 3 nitrogen and oxygen atoms in total. The fourth-order valence-electron chi connectivity index (χ4n) is 3.69. The Balaban J connectivity index is 1.52. The first-order valence-corrected chi connectivity index (χ1v) is 9.00. The number of hydrogen-bond donors (Lipinski definition) is 0. The summed E-state index contributed by atoms with van der Waals surface area (Å²) in [6, 6.07) is 6.29. The van der Waals surface area contributed by atoms with Gasteiger partial charge in [0, 0.05) is 36.1 Å². The first-order chi connectivity index (χ1) is 10.8. The van der Waals surface area contributed by atoms with Crippen LogP contribution in [0.4, 0.5) is 0 Å². The van der Waals surface area contributed by atoms with Crippen LogP contribution in [0.5, 0.6) is 0 Å². The van der Waals surface area contributed by atoms with Gasteiger partial charge < -0.3 is 4.90 Å². The average molecular weight is 312 g/mol. The van der Waals surface area contributed by atoms with Crippen LogP contribution >= 0.6 is 11.3 Å². The normalized spacial score (nSPS) is 20.9. The highest BCUT2D eigenvalue weighted by Crippen LogP contribution is 2.29. The third kappa shape index (κ3) is 2.56. The van der Waals surface area contributed by atoms with E-state index in [1.807, 2.05) is 22.5 Å². The van der Waals surface area contributed by atoms with Gasteiger partial charge in [-0.25, -0.2) is 4.98 Å². The van der Waals surface area contributed by atoms with E-state index in [2.05, 4.69) is 17.1 Å². The highest BCUT2D eigenvalue weighted by atomic mass is 32.1. The smallest absolute Gasteiger partial charge is 0.253 e. The molecule has 2 heterocycles. The zero-order valence-electron chi connectivity index (χ0n) is 12.6. The van der Waals surface area contributed by atoms with Crippen molar-refractivity contribution < 1.29 is 4.79 Å². The molecule has 0 radical (unpaired) electrons. The van der Waals surface area contributed by atoms with Crippen LogP contribution in [-0.2, 0) is 12.8 Å². The summed E-state index contributed by atoms with van der Waals surface area (Å²) in [4.78, 5) is 19.3. The minimum Gasteiger partial charge on any atom is -0.338 e. The van der Waals surface area contributed by atoms with E-state index in [1.54, 1.807) is 11.3 Å². The molecule has 0 unspecified atom stereocenters. The first kappa shape index (κ1) is 13.9. The molecular formula is C18H20N2OS. The van der Waals surface area contributed by atoms with Crippen molar-refractivity contribution in [3.05, 3.63) is 51.5 Å². The topological polar surface area (TPSA) is 33.2 Å². The van der Waals surface area contributed by atoms with Crippen LogP contribution in [0.3, 0.4) is 0 Å². The summed E-state index contributed by atoms with van der Waals surface area (Å²) < 4.78 is 0. The SMILES string of the molecule is O=C(c1ccc2c(c1)CCC2)N1CCC[C@@H](c2nccs2)C1. The summed E-state index contributed by atoms with van der Waals surface area (Å²) in [6.45, 7) is 1.68. The van der Waals surface area contributed by atoms with Crippen molar-refractivity contribution in [1.29, 1.82) is 0 Å². The molecule has 1 amide bonds. The quantitative estimate of drug-likeness (QED) is 0.848. The maximum atomic E-state index is 12.8. The second-order valence-electron chi connectivity index (χ2n) is 6.30. The van der Waals surface area contributed by atoms with Crippen molar-refractivity contribution in [3.8, 4) is 0 Å². The zero-order valence-corrected chi connectivity index (χ0v) is 13.4. The van der Waals surface area contributed by atoms with Crippen molar-refractivity contribution in [2.24, 2.45) is 0 Å². The van der Waals surface area contributed by atoms with Gasteiger partial charge in [-0.1, -0.05) is 6.07 Å². The molecule has 2 aliphatic rings. The van der Waals surface area contributed by atoms with Crippen molar-refractivity contribution in [2.45, 2.75) is 38.0 Å². The number of likely N-dealkylation sites (tertiary alicyclic amines) is 1. The summed E-state index contributed by atoms with van der Waals surface area (Å²) >= 11 is 1.71. The predicted molar refractivity (Wildman–Crippen MR) is 88.5 cm³/mol. The van der Waals surface area contributed by atoms with Crippen molar-refractivity contribution in [1.82, 2.24) is 9.88 Å². The second-order valence-corrected chi connectivity index (χ2v) is 7.22. The van der Waals surface area contributed by atoms with Gasteiger partial charge in [-0.2, -0.15) is 0 Å². The van der Waals surface area contributed by atoms with Crippen LogP contribution in [0.25, 0.3) is 0 Å². The van der Waals surface area contributed by atoms with Gasteiger partial charge in [0.15, 0.2) is 0 Å². The van der Waals surface area contributed by atoms with Gasteiger partial charge >= 0.3 is 0 Å². The molecule has 0 N–H and O–H groups in total. The van der Waals surface area contributed by atoms with E-state index in [9.17, 15) is 4.79 Å². The van der Waals surface area contributed by atoms with Gasteiger partial charge in [-0.3, -0.25) is 4.79 Å². The number of carbonyl (C=O) groups excluding carboxylic acids is 1. The maximum absolute atomic E-state index is 12.8. The van der Waals surface area contributed by atoms with Crippen LogP contribution in [-0.4, -0.2) is 28.9 Å². The molecule has 22 heavy (non-hydrogen) atoms. The summed E-state index contributed by atoms with van der Waals surface area (Å²) in [7, 11) is 0. The molecule has 4 rings (SSSR count). The number of aryl methyl sites for hydroxylation is 2. The predicted octanol–water partition coefficient (Wildman–Crippen LogP) is 3.65. The van der Waals surface area contributed by atoms with E-state index in [-0.39, 0.29) is 5.91 Å². The molecule has 1 aromatic carbocycles. The fraction of sp³-hybridized carbons (Fsp3) is 0.444. The van der Waals surface area contributed by atoms with Crippen molar-refractivity contribution in [2.75, 3.05) is 13.1 Å². The van der Waals surface area contributed by atoms with Crippen LogP contribution in [0.15, 0.2) is 29.8 Å². The van der Waals surface area contributed by atoms with E-state index < -0.39 is 0 Å². The molecule has 1 aliphatic carbocycles. The Morgan fingerprint density at radius 1 is 1.23 bits per heavy atom. The van der Waals surface area contributed by atoms with Crippen molar-refractivity contribution >= 4 is 17.2 Å². The lowest BCUT2D eigenvalue weighted by Crippen LogP contribution is -2.39. The minimum absolute atomic E-state index is 0.191. The number of carbonyl (C=O) groups is 1. The number of rotatable bonds is 2. The number of benzene rings is 1. The first-order valence-electron chi connectivity index (χ1n) is 8.12. The molecule has 1 aromatic heterocycles. The molecule has 1 aliphatic heterocycles. The molecule has 1 fully saturated rings. The number of thiazole rings is 1. The monoisotopic (exact) mass is 312 g/mol. The highest BCUT2D eigenvalue weighted by molar-refractivity contribution is 7.09. The van der Waals surface area contributed by atoms with Gasteiger partial charge in [0.05, 0.1) is 5.01 Å². The van der Waals surface area contributed by atoms with Crippen LogP contribution < -0.4 is 0 Å². The lowest BCUT2D eigenvalue weighted by atomic mass is 9.97. The largest absolute Gasteiger partial charge is 0.338 e. The van der Waals surface area contributed by atoms with E-state index in [1.165, 1.54) is 29.0 Å². The number of aromatic nitrogens is 1. The van der Waals surface area contributed by atoms with Gasteiger partial charge in [0.1, 0.15) is 0 Å². The fourth-order valence-corrected chi connectivity index (χ4v) is 4.45. The molecule has 1 saturated heterocycles. The number of amides is 1. The molecule has 0 bridgehead atoms. The summed E-state index contributed by atoms with van der Waals surface area (Å²) in [6.07, 6.45) is 7.59. The van der Waals surface area contributed by atoms with E-state index in [0.29, 0.717) is 5.92 Å². The molecule has 4 heteroatoms. The van der Waals surface area contributed by atoms with Crippen LogP contribution in [0.1, 0.15) is 51.7 Å². The average Bonchev–Trinajstić information content (AvgIpc) is 3.25. The minimum atomic E-state index is 0.191. The number of hydrogen-bond acceptors (Lipinski definition) is 3. The van der Waals surface area contributed by atoms with E-state index >= 15 is 0 Å². The standard InChI is InChI=1S/C18H20N2OS/c21-18(15-7-6-13-3-1-4-14(13)11-15)20-9-2-5-16(12-20)17-19-8-10-22-17/h6-8,10-11,16H,1-5,9,12H2/t16-/m1/s1. The Hall–Kier alpha value is -1.68. The third-order valence-corrected chi connectivity index (χ3v) is 5.79. The van der Waals surface area contributed by atoms with Crippen LogP contribution in [0.2, 0.25) is 0 Å². The molecule has 0 saturated carbocycles. The van der Waals surface area contributed by atoms with E-state index in [4.69, 9.17) is 0 Å². The number of piperidine rings is 1. The Kier molecular flexibility index (Phi) is 3.70. The Bertz CT molecular complexity index is 680. The molecule has 2 aromatic rings. The number of nitrogens with zero attached hydrogens (tertiary/aromatic N) is 2. The maximum Gasteiger partial charge on any atom is 0.253 e. The van der Waals surface area contributed by atoms with Crippen LogP contribution in [0, 0.1) is 0 Å². The summed E-state index contributed by atoms with van der Waals surface area (Å²) in [5.74, 6) is 0.600. The van der Waals surface area contributed by atoms with Gasteiger partial charge in [-0.15, -0.1) is 11.3 Å². The Labute approximate surface area is 135 Å². The summed E-state index contributed by atoms with van der Waals surface area (Å²) in [5.41, 5.74) is 3.66. The Morgan fingerprint density at radius 3 is 3.00 bits per heavy atom. The second kappa shape index (κ2) is 5.84. The highest BCUT2D eigenvalue weighted by Gasteiger charge is 2.27. The molecule has 0 spiro atoms. The van der Waals surface area contributed by atoms with Crippen molar-refractivity contribution in [3.63, 3.8) is 0 Å².